The molecule has 11 heteroatoms. The van der Waals surface area contributed by atoms with Gasteiger partial charge in [-0.05, 0) is 45.7 Å². The molecule has 0 amide bonds. The molecule has 1 aromatic carbocycles. The lowest BCUT2D eigenvalue weighted by Crippen LogP contribution is -2.60. The van der Waals surface area contributed by atoms with Gasteiger partial charge >= 0.3 is 5.97 Å². The summed E-state index contributed by atoms with van der Waals surface area (Å²) in [6.45, 7) is 4.56. The molecular formula is C25H36O11. The van der Waals surface area contributed by atoms with Crippen molar-refractivity contribution in [1.82, 2.24) is 0 Å². The van der Waals surface area contributed by atoms with Gasteiger partial charge in [0, 0.05) is 11.1 Å². The van der Waals surface area contributed by atoms with Crippen molar-refractivity contribution >= 4 is 12.0 Å². The number of carbonyl (C=O) groups excluding carboxylic acids is 1. The minimum Gasteiger partial charge on any atom is -0.508 e. The molecule has 7 atom stereocenters. The minimum absolute atomic E-state index is 0.0550. The molecule has 0 spiro atoms. The van der Waals surface area contributed by atoms with Crippen molar-refractivity contribution in [3.63, 3.8) is 0 Å². The van der Waals surface area contributed by atoms with Crippen molar-refractivity contribution in [3.8, 4) is 11.5 Å². The number of methoxy groups -OCH3 is 1. The van der Waals surface area contributed by atoms with Gasteiger partial charge in [-0.3, -0.25) is 4.79 Å². The zero-order chi connectivity index (χ0) is 26.8. The molecule has 2 fully saturated rings. The number of carbonyl (C=O) groups is 1. The monoisotopic (exact) mass is 512 g/mol. The fourth-order valence-electron chi connectivity index (χ4n) is 4.35. The van der Waals surface area contributed by atoms with E-state index in [4.69, 9.17) is 18.9 Å². The predicted molar refractivity (Wildman–Crippen MR) is 126 cm³/mol. The number of phenols is 1. The van der Waals surface area contributed by atoms with Gasteiger partial charge < -0.3 is 49.6 Å². The van der Waals surface area contributed by atoms with Crippen LogP contribution in [-0.4, -0.2) is 98.3 Å². The third kappa shape index (κ3) is 6.35. The van der Waals surface area contributed by atoms with Gasteiger partial charge in [-0.25, -0.2) is 0 Å². The predicted octanol–water partition coefficient (Wildman–Crippen LogP) is 0.00820. The molecule has 2 saturated heterocycles. The first-order valence-corrected chi connectivity index (χ1v) is 11.8. The van der Waals surface area contributed by atoms with E-state index in [1.54, 1.807) is 26.0 Å². The second kappa shape index (κ2) is 11.0. The van der Waals surface area contributed by atoms with E-state index in [9.17, 15) is 35.4 Å². The molecule has 2 aliphatic heterocycles. The van der Waals surface area contributed by atoms with Gasteiger partial charge in [0.2, 0.25) is 6.29 Å². The number of esters is 1. The van der Waals surface area contributed by atoms with Crippen molar-refractivity contribution in [2.45, 2.75) is 88.0 Å². The third-order valence-corrected chi connectivity index (χ3v) is 6.54. The summed E-state index contributed by atoms with van der Waals surface area (Å²) >= 11 is 0. The maximum absolute atomic E-state index is 12.0. The van der Waals surface area contributed by atoms with Crippen LogP contribution in [0.25, 0.3) is 6.08 Å². The van der Waals surface area contributed by atoms with Gasteiger partial charge in [0.1, 0.15) is 35.9 Å². The van der Waals surface area contributed by atoms with Crippen LogP contribution in [0, 0.1) is 0 Å². The van der Waals surface area contributed by atoms with Crippen molar-refractivity contribution in [1.29, 1.82) is 0 Å². The van der Waals surface area contributed by atoms with Crippen LogP contribution in [0.15, 0.2) is 18.2 Å². The van der Waals surface area contributed by atoms with Crippen LogP contribution in [-0.2, 0) is 25.4 Å². The highest BCUT2D eigenvalue weighted by Crippen LogP contribution is 2.39. The summed E-state index contributed by atoms with van der Waals surface area (Å²) in [5.41, 5.74) is -1.24. The average Bonchev–Trinajstić information content (AvgIpc) is 3.22. The zero-order valence-corrected chi connectivity index (χ0v) is 20.8. The number of aliphatic hydroxyl groups is 5. The summed E-state index contributed by atoms with van der Waals surface area (Å²) in [4.78, 5) is 12.0. The summed E-state index contributed by atoms with van der Waals surface area (Å²) in [6.07, 6.45) is -3.66. The Hall–Kier alpha value is -2.25. The Balaban J connectivity index is 1.97. The number of rotatable bonds is 8. The third-order valence-electron chi connectivity index (χ3n) is 6.54. The molecule has 0 aliphatic carbocycles. The molecule has 36 heavy (non-hydrogen) atoms. The summed E-state index contributed by atoms with van der Waals surface area (Å²) < 4.78 is 22.2. The van der Waals surface area contributed by atoms with Crippen LogP contribution in [0.1, 0.15) is 44.7 Å². The highest BCUT2D eigenvalue weighted by molar-refractivity contribution is 5.75. The smallest absolute Gasteiger partial charge is 0.310 e. The number of benzene rings is 1. The van der Waals surface area contributed by atoms with Crippen LogP contribution in [0.2, 0.25) is 0 Å². The van der Waals surface area contributed by atoms with Gasteiger partial charge in [0.15, 0.2) is 0 Å². The molecule has 202 valence electrons. The Morgan fingerprint density at radius 1 is 1.22 bits per heavy atom. The molecule has 1 aromatic rings. The molecule has 0 saturated carbocycles. The zero-order valence-electron chi connectivity index (χ0n) is 20.8. The molecule has 6 N–H and O–H groups in total. The van der Waals surface area contributed by atoms with Crippen LogP contribution < -0.4 is 4.74 Å². The Kier molecular flexibility index (Phi) is 8.67. The fraction of sp³-hybridized carbons (Fsp3) is 0.640. The molecule has 11 nitrogen and oxygen atoms in total. The molecule has 2 aliphatic rings. The number of ether oxygens (including phenoxy) is 4. The van der Waals surface area contributed by atoms with Crippen molar-refractivity contribution < 1.29 is 54.4 Å². The lowest BCUT2D eigenvalue weighted by atomic mass is 9.96. The Bertz CT molecular complexity index is 954. The minimum atomic E-state index is -1.68. The van der Waals surface area contributed by atoms with Crippen molar-refractivity contribution in [2.75, 3.05) is 13.7 Å². The van der Waals surface area contributed by atoms with E-state index >= 15 is 0 Å². The Morgan fingerprint density at radius 2 is 1.92 bits per heavy atom. The van der Waals surface area contributed by atoms with Gasteiger partial charge in [-0.2, -0.15) is 0 Å². The topological polar surface area (TPSA) is 175 Å². The molecule has 0 aromatic heterocycles. The quantitative estimate of drug-likeness (QED) is 0.259. The van der Waals surface area contributed by atoms with Crippen LogP contribution in [0.4, 0.5) is 0 Å². The summed E-state index contributed by atoms with van der Waals surface area (Å²) in [5, 5.41) is 60.8. The standard InChI is InChI=1S/C25H36O11/c1-24(2,32)17-6-8-25(3,36-17)7-5-13-9-15(27)10-14(11-18(28)33-4)22(13)35-23-21(31)20(30)19(29)16(12-26)34-23/h5,7,9-10,16-17,19-21,23,26-27,29-32H,6,8,11-12H2,1-4H3/b7-5-/t16-,17+,19-,20+,21-,23+,25-/m1/s1. The van der Waals surface area contributed by atoms with Crippen molar-refractivity contribution in [2.24, 2.45) is 0 Å². The summed E-state index contributed by atoms with van der Waals surface area (Å²) in [7, 11) is 1.21. The van der Waals surface area contributed by atoms with E-state index in [0.717, 1.165) is 0 Å². The normalized spacial score (nSPS) is 33.1. The summed E-state index contributed by atoms with van der Waals surface area (Å²) in [5.74, 6) is -0.728. The first-order chi connectivity index (χ1) is 16.8. The number of hydrogen-bond donors (Lipinski definition) is 6. The van der Waals surface area contributed by atoms with Crippen molar-refractivity contribution in [3.05, 3.63) is 29.3 Å². The van der Waals surface area contributed by atoms with E-state index in [1.807, 2.05) is 6.92 Å². The maximum Gasteiger partial charge on any atom is 0.310 e. The second-order valence-corrected chi connectivity index (χ2v) is 10.0. The highest BCUT2D eigenvalue weighted by Gasteiger charge is 2.45. The number of hydrogen-bond acceptors (Lipinski definition) is 11. The lowest BCUT2D eigenvalue weighted by molar-refractivity contribution is -0.277. The largest absolute Gasteiger partial charge is 0.508 e. The van der Waals surface area contributed by atoms with Crippen LogP contribution in [0.3, 0.4) is 0 Å². The Labute approximate surface area is 209 Å². The first-order valence-electron chi connectivity index (χ1n) is 11.8. The molecule has 0 unspecified atom stereocenters. The molecule has 3 rings (SSSR count). The molecular weight excluding hydrogens is 476 g/mol. The van der Waals surface area contributed by atoms with Crippen LogP contribution in [0.5, 0.6) is 11.5 Å². The number of phenolic OH excluding ortho intramolecular Hbond substituents is 1. The SMILES string of the molecule is COC(=O)Cc1cc(O)cc(/C=C\[C@]2(C)CC[C@@H](C(C)(C)O)O2)c1O[C@@H]1O[C@H](CO)[C@@H](O)[C@H](O)[C@H]1O. The second-order valence-electron chi connectivity index (χ2n) is 10.0. The number of aromatic hydroxyl groups is 1. The summed E-state index contributed by atoms with van der Waals surface area (Å²) in [6, 6.07) is 2.67. The maximum atomic E-state index is 12.0. The lowest BCUT2D eigenvalue weighted by Gasteiger charge is -2.40. The number of aliphatic hydroxyl groups excluding tert-OH is 4. The van der Waals surface area contributed by atoms with E-state index in [2.05, 4.69) is 0 Å². The van der Waals surface area contributed by atoms with E-state index in [0.29, 0.717) is 18.4 Å². The molecule has 0 bridgehead atoms. The molecule has 0 radical (unpaired) electrons. The van der Waals surface area contributed by atoms with Gasteiger partial charge in [-0.15, -0.1) is 0 Å². The van der Waals surface area contributed by atoms with E-state index in [1.165, 1.54) is 19.2 Å². The first kappa shape index (κ1) is 28.3. The van der Waals surface area contributed by atoms with Gasteiger partial charge in [0.25, 0.3) is 0 Å². The van der Waals surface area contributed by atoms with E-state index in [-0.39, 0.29) is 29.6 Å². The van der Waals surface area contributed by atoms with Gasteiger partial charge in [0.05, 0.1) is 37.4 Å². The van der Waals surface area contributed by atoms with Gasteiger partial charge in [-0.1, -0.05) is 12.2 Å². The Morgan fingerprint density at radius 3 is 2.50 bits per heavy atom. The fourth-order valence-corrected chi connectivity index (χ4v) is 4.35. The van der Waals surface area contributed by atoms with E-state index < -0.39 is 54.5 Å². The molecule has 2 heterocycles. The highest BCUT2D eigenvalue weighted by atomic mass is 16.7. The van der Waals surface area contributed by atoms with Crippen LogP contribution >= 0.6 is 0 Å². The average molecular weight is 513 g/mol.